The van der Waals surface area contributed by atoms with Crippen LogP contribution in [0.1, 0.15) is 22.3 Å². The number of halogens is 2. The average molecular weight is 798 g/mol. The van der Waals surface area contributed by atoms with E-state index in [2.05, 4.69) is 182 Å². The van der Waals surface area contributed by atoms with E-state index in [4.69, 9.17) is 0 Å². The molecule has 0 N–H and O–H groups in total. The van der Waals surface area contributed by atoms with Crippen molar-refractivity contribution in [2.24, 2.45) is 0 Å². The molecule has 0 radical (unpaired) electrons. The Labute approximate surface area is 317 Å². The second kappa shape index (κ2) is 22.1. The maximum absolute atomic E-state index is 3.34. The van der Waals surface area contributed by atoms with Gasteiger partial charge in [-0.3, -0.25) is 0 Å². The normalized spacial score (nSPS) is 9.39. The number of hydrogen-bond acceptors (Lipinski definition) is 0. The molecule has 8 aromatic rings. The third-order valence-electron chi connectivity index (χ3n) is 7.05. The van der Waals surface area contributed by atoms with Crippen LogP contribution in [0.15, 0.2) is 146 Å². The van der Waals surface area contributed by atoms with E-state index in [1.807, 2.05) is 0 Å². The van der Waals surface area contributed by atoms with Gasteiger partial charge in [-0.05, 0) is 0 Å². The van der Waals surface area contributed by atoms with Crippen molar-refractivity contribution in [3.8, 4) is 0 Å². The first-order valence-electron chi connectivity index (χ1n) is 14.6. The minimum atomic E-state index is 0. The minimum absolute atomic E-state index is 0. The molecule has 0 amide bonds. The van der Waals surface area contributed by atoms with Gasteiger partial charge in [0.2, 0.25) is 0 Å². The molecule has 0 aliphatic rings. The molecule has 0 saturated carbocycles. The quantitative estimate of drug-likeness (QED) is 0.181. The van der Waals surface area contributed by atoms with Crippen LogP contribution in [0.3, 0.4) is 0 Å². The fraction of sp³-hybridized carbons (Fsp3) is 0.0952. The molecule has 0 unspecified atom stereocenters. The molecular weight excluding hydrogens is 758 g/mol. The second-order valence-electron chi connectivity index (χ2n) is 10.6. The van der Waals surface area contributed by atoms with E-state index in [0.29, 0.717) is 0 Å². The summed E-state index contributed by atoms with van der Waals surface area (Å²) in [5.74, 6) is 0. The first kappa shape index (κ1) is 41.4. The van der Waals surface area contributed by atoms with Crippen molar-refractivity contribution in [1.82, 2.24) is 0 Å². The van der Waals surface area contributed by atoms with Crippen LogP contribution in [0.2, 0.25) is 0 Å². The van der Waals surface area contributed by atoms with Crippen LogP contribution in [0.5, 0.6) is 0 Å². The van der Waals surface area contributed by atoms with Crippen molar-refractivity contribution in [3.05, 3.63) is 168 Å². The molecule has 0 aromatic heterocycles. The van der Waals surface area contributed by atoms with Gasteiger partial charge in [0.1, 0.15) is 0 Å². The summed E-state index contributed by atoms with van der Waals surface area (Å²) < 4.78 is 6.68. The van der Waals surface area contributed by atoms with Crippen molar-refractivity contribution in [3.63, 3.8) is 0 Å². The minimum Gasteiger partial charge on any atom is -1.00 e. The Hall–Kier alpha value is -2.59. The number of benzene rings is 4. The molecule has 232 valence electrons. The fourth-order valence-electron chi connectivity index (χ4n) is 5.22. The van der Waals surface area contributed by atoms with Crippen LogP contribution < -0.4 is 24.8 Å². The van der Waals surface area contributed by atoms with Gasteiger partial charge in [0.15, 0.2) is 0 Å². The molecule has 0 aliphatic carbocycles. The predicted molar refractivity (Wildman–Crippen MR) is 191 cm³/mol. The van der Waals surface area contributed by atoms with E-state index in [9.17, 15) is 0 Å². The molecule has 0 saturated heterocycles. The van der Waals surface area contributed by atoms with Crippen molar-refractivity contribution >= 4 is 51.5 Å². The molecule has 0 spiro atoms. The largest absolute Gasteiger partial charge is 1.00 e. The first-order chi connectivity index (χ1) is 21.4. The van der Waals surface area contributed by atoms with Gasteiger partial charge < -0.3 is 24.8 Å². The third kappa shape index (κ3) is 12.5. The number of rotatable bonds is 0. The van der Waals surface area contributed by atoms with Crippen LogP contribution in [0.25, 0.3) is 43.1 Å². The SMILES string of the molecule is Cc1cc2ccccc2[cH-]1.Cc1cc2ccccc2[cH-]1.Cc1cc2ccccc2[cH-]1.Cc1cc2ccccc2[cH-]1.[CH2]=[Zr+2].[CH2]=[Zr+2].[Cl-].[Cl-]. The van der Waals surface area contributed by atoms with E-state index >= 15 is 0 Å². The molecule has 8 aromatic carbocycles. The van der Waals surface area contributed by atoms with Crippen molar-refractivity contribution < 1.29 is 73.3 Å². The molecule has 0 heterocycles. The van der Waals surface area contributed by atoms with Gasteiger partial charge in [0, 0.05) is 0 Å². The molecule has 0 atom stereocenters. The topological polar surface area (TPSA) is 0 Å². The van der Waals surface area contributed by atoms with Crippen LogP contribution in [-0.2, 0) is 48.5 Å². The van der Waals surface area contributed by atoms with Crippen molar-refractivity contribution in [2.45, 2.75) is 27.7 Å². The maximum atomic E-state index is 3.34. The van der Waals surface area contributed by atoms with Gasteiger partial charge in [-0.2, -0.15) is 24.3 Å². The van der Waals surface area contributed by atoms with Crippen LogP contribution in [0, 0.1) is 27.7 Å². The van der Waals surface area contributed by atoms with Gasteiger partial charge in [0.05, 0.1) is 0 Å². The second-order valence-corrected chi connectivity index (χ2v) is 10.6. The van der Waals surface area contributed by atoms with Crippen LogP contribution >= 0.6 is 0 Å². The van der Waals surface area contributed by atoms with E-state index in [0.717, 1.165) is 0 Å². The monoisotopic (exact) mass is 794 g/mol. The number of aryl methyl sites for hydroxylation is 4. The van der Waals surface area contributed by atoms with Gasteiger partial charge in [0.25, 0.3) is 0 Å². The molecule has 0 aliphatic heterocycles. The summed E-state index contributed by atoms with van der Waals surface area (Å²) in [6, 6.07) is 51.3. The predicted octanol–water partition coefficient (Wildman–Crippen LogP) is 5.41. The molecular formula is C42H40Cl2Zr2-2. The van der Waals surface area contributed by atoms with Gasteiger partial charge in [-0.25, -0.2) is 0 Å². The Bertz CT molecular complexity index is 1580. The molecule has 0 fully saturated rings. The summed E-state index contributed by atoms with van der Waals surface area (Å²) in [6.45, 7) is 8.50. The third-order valence-corrected chi connectivity index (χ3v) is 7.05. The van der Waals surface area contributed by atoms with Crippen molar-refractivity contribution in [2.75, 3.05) is 0 Å². The number of hydrogen-bond donors (Lipinski definition) is 0. The maximum Gasteiger partial charge on any atom is -1.00 e. The Morgan fingerprint density at radius 1 is 0.348 bits per heavy atom. The summed E-state index contributed by atoms with van der Waals surface area (Å²) in [6.07, 6.45) is 0. The molecule has 0 bridgehead atoms. The molecule has 4 heteroatoms. The van der Waals surface area contributed by atoms with E-state index in [1.54, 1.807) is 0 Å². The zero-order chi connectivity index (χ0) is 31.9. The van der Waals surface area contributed by atoms with Gasteiger partial charge >= 0.3 is 56.9 Å². The fourth-order valence-corrected chi connectivity index (χ4v) is 5.22. The van der Waals surface area contributed by atoms with E-state index < -0.39 is 0 Å². The zero-order valence-electron chi connectivity index (χ0n) is 27.0. The van der Waals surface area contributed by atoms with Gasteiger partial charge in [-0.15, -0.1) is 162 Å². The summed E-state index contributed by atoms with van der Waals surface area (Å²) in [5, 5.41) is 10.8. The Balaban J connectivity index is 0.000000292. The Morgan fingerprint density at radius 2 is 0.522 bits per heavy atom. The summed E-state index contributed by atoms with van der Waals surface area (Å²) in [7, 11) is 0. The van der Waals surface area contributed by atoms with Crippen LogP contribution in [0.4, 0.5) is 0 Å². The molecule has 46 heavy (non-hydrogen) atoms. The van der Waals surface area contributed by atoms with Crippen molar-refractivity contribution in [1.29, 1.82) is 0 Å². The summed E-state index contributed by atoms with van der Waals surface area (Å²) >= 11 is 2.60. The van der Waals surface area contributed by atoms with Crippen LogP contribution in [-0.4, -0.2) is 8.42 Å². The van der Waals surface area contributed by atoms with E-state index in [1.165, 1.54) is 114 Å². The molecule has 8 rings (SSSR count). The molecule has 0 nitrogen and oxygen atoms in total. The smallest absolute Gasteiger partial charge is 1.00 e. The Kier molecular flexibility index (Phi) is 19.9. The van der Waals surface area contributed by atoms with Gasteiger partial charge in [-0.1, -0.05) is 52.0 Å². The zero-order valence-corrected chi connectivity index (χ0v) is 33.5. The number of fused-ring (bicyclic) bond motifs is 4. The average Bonchev–Trinajstić information content (AvgIpc) is 3.82. The summed E-state index contributed by atoms with van der Waals surface area (Å²) in [5.41, 5.74) is 5.39. The first-order valence-corrected chi connectivity index (χ1v) is 18.1. The Morgan fingerprint density at radius 3 is 0.696 bits per heavy atom. The standard InChI is InChI=1S/4C10H9.2CH2.2ClH.2Zr/c4*1-8-6-9-4-2-3-5-10(9)7-8;;;;;;/h4*2-7H,1H3;2*1H2;2*1H;;/q4*-1;;;;;2*+2/p-2. The van der Waals surface area contributed by atoms with E-state index in [-0.39, 0.29) is 24.8 Å². The summed E-state index contributed by atoms with van der Waals surface area (Å²) in [4.78, 5) is 0.